The Bertz CT molecular complexity index is 884. The first kappa shape index (κ1) is 19.4. The second kappa shape index (κ2) is 8.59. The lowest BCUT2D eigenvalue weighted by Crippen LogP contribution is -2.47. The Morgan fingerprint density at radius 2 is 1.93 bits per heavy atom. The van der Waals surface area contributed by atoms with E-state index in [0.717, 1.165) is 55.7 Å². The number of nitrogens with one attached hydrogen (secondary N) is 1. The summed E-state index contributed by atoms with van der Waals surface area (Å²) in [6, 6.07) is 9.38. The van der Waals surface area contributed by atoms with Crippen molar-refractivity contribution < 1.29 is 14.3 Å². The fourth-order valence-corrected chi connectivity index (χ4v) is 4.35. The lowest BCUT2D eigenvalue weighted by atomic mass is 9.83. The summed E-state index contributed by atoms with van der Waals surface area (Å²) in [5, 5.41) is 2.89. The quantitative estimate of drug-likeness (QED) is 0.841. The number of ether oxygens (including phenoxy) is 1. The summed E-state index contributed by atoms with van der Waals surface area (Å²) in [4.78, 5) is 35.9. The molecule has 2 fully saturated rings. The molecule has 1 aromatic carbocycles. The largest absolute Gasteiger partial charge is 0.497 e. The molecule has 2 atom stereocenters. The molecule has 1 N–H and O–H groups in total. The number of methoxy groups -OCH3 is 1. The number of nitrogens with zero attached hydrogens (tertiary/aromatic N) is 3. The SMILES string of the molecule is COc1ccc(-c2ccnc(NC(=O)[C@@H]3CCCC[C@@H]3N3CCCC3=O)n2)cc1. The highest BCUT2D eigenvalue weighted by Gasteiger charge is 2.38. The molecule has 0 spiro atoms. The summed E-state index contributed by atoms with van der Waals surface area (Å²) in [5.74, 6) is 0.935. The molecule has 1 aromatic heterocycles. The van der Waals surface area contributed by atoms with Crippen molar-refractivity contribution in [1.82, 2.24) is 14.9 Å². The van der Waals surface area contributed by atoms with Crippen LogP contribution in [0.5, 0.6) is 5.75 Å². The molecule has 1 saturated carbocycles. The summed E-state index contributed by atoms with van der Waals surface area (Å²) >= 11 is 0. The van der Waals surface area contributed by atoms with Crippen LogP contribution in [0.4, 0.5) is 5.95 Å². The number of carbonyl (C=O) groups is 2. The van der Waals surface area contributed by atoms with Gasteiger partial charge in [0, 0.05) is 30.8 Å². The zero-order valence-electron chi connectivity index (χ0n) is 16.6. The molecule has 0 radical (unpaired) electrons. The van der Waals surface area contributed by atoms with Gasteiger partial charge in [-0.2, -0.15) is 0 Å². The smallest absolute Gasteiger partial charge is 0.231 e. The fraction of sp³-hybridized carbons (Fsp3) is 0.455. The highest BCUT2D eigenvalue weighted by molar-refractivity contribution is 5.92. The number of aromatic nitrogens is 2. The van der Waals surface area contributed by atoms with Gasteiger partial charge in [0.15, 0.2) is 0 Å². The maximum atomic E-state index is 13.0. The van der Waals surface area contributed by atoms with E-state index in [2.05, 4.69) is 15.3 Å². The number of benzene rings is 1. The van der Waals surface area contributed by atoms with Gasteiger partial charge in [0.05, 0.1) is 18.7 Å². The molecule has 2 aliphatic rings. The van der Waals surface area contributed by atoms with E-state index in [-0.39, 0.29) is 23.8 Å². The van der Waals surface area contributed by atoms with Crippen molar-refractivity contribution in [3.63, 3.8) is 0 Å². The molecular formula is C22H26N4O3. The maximum absolute atomic E-state index is 13.0. The molecule has 1 saturated heterocycles. The molecule has 2 heterocycles. The summed E-state index contributed by atoms with van der Waals surface area (Å²) in [5.41, 5.74) is 1.65. The number of hydrogen-bond donors (Lipinski definition) is 1. The standard InChI is InChI=1S/C22H26N4O3/c1-29-16-10-8-15(9-11-16)18-12-13-23-22(24-18)25-21(28)17-5-2-3-6-19(17)26-14-4-7-20(26)27/h8-13,17,19H,2-7,14H2,1H3,(H,23,24,25,28)/t17-,19+/m1/s1. The normalized spacial score (nSPS) is 21.8. The third kappa shape index (κ3) is 4.23. The average Bonchev–Trinajstić information content (AvgIpc) is 3.19. The minimum atomic E-state index is -0.209. The van der Waals surface area contributed by atoms with Crippen molar-refractivity contribution in [3.8, 4) is 17.0 Å². The van der Waals surface area contributed by atoms with Gasteiger partial charge in [0.2, 0.25) is 17.8 Å². The van der Waals surface area contributed by atoms with Gasteiger partial charge in [-0.25, -0.2) is 9.97 Å². The molecule has 1 aliphatic carbocycles. The van der Waals surface area contributed by atoms with Crippen LogP contribution >= 0.6 is 0 Å². The van der Waals surface area contributed by atoms with E-state index in [4.69, 9.17) is 4.74 Å². The molecule has 0 unspecified atom stereocenters. The van der Waals surface area contributed by atoms with E-state index in [1.54, 1.807) is 13.3 Å². The van der Waals surface area contributed by atoms with Gasteiger partial charge >= 0.3 is 0 Å². The van der Waals surface area contributed by atoms with Gasteiger partial charge in [-0.1, -0.05) is 12.8 Å². The van der Waals surface area contributed by atoms with Crippen LogP contribution in [0.3, 0.4) is 0 Å². The maximum Gasteiger partial charge on any atom is 0.231 e. The van der Waals surface area contributed by atoms with Gasteiger partial charge in [-0.15, -0.1) is 0 Å². The Morgan fingerprint density at radius 1 is 1.14 bits per heavy atom. The first-order valence-corrected chi connectivity index (χ1v) is 10.2. The fourth-order valence-electron chi connectivity index (χ4n) is 4.35. The van der Waals surface area contributed by atoms with Crippen molar-refractivity contribution >= 4 is 17.8 Å². The Hall–Kier alpha value is -2.96. The average molecular weight is 394 g/mol. The monoisotopic (exact) mass is 394 g/mol. The number of amides is 2. The third-order valence-corrected chi connectivity index (χ3v) is 5.85. The van der Waals surface area contributed by atoms with Crippen LogP contribution in [0, 0.1) is 5.92 Å². The van der Waals surface area contributed by atoms with Gasteiger partial charge < -0.3 is 9.64 Å². The van der Waals surface area contributed by atoms with Gasteiger partial charge in [0.25, 0.3) is 0 Å². The molecule has 152 valence electrons. The first-order chi connectivity index (χ1) is 14.2. The van der Waals surface area contributed by atoms with Crippen LogP contribution in [0.15, 0.2) is 36.5 Å². The highest BCUT2D eigenvalue weighted by atomic mass is 16.5. The van der Waals surface area contributed by atoms with Crippen molar-refractivity contribution in [2.24, 2.45) is 5.92 Å². The van der Waals surface area contributed by atoms with E-state index in [1.165, 1.54) is 0 Å². The van der Waals surface area contributed by atoms with Gasteiger partial charge in [-0.3, -0.25) is 14.9 Å². The Balaban J connectivity index is 1.49. The molecule has 7 nitrogen and oxygen atoms in total. The minimum absolute atomic E-state index is 0.0106. The van der Waals surface area contributed by atoms with E-state index < -0.39 is 0 Å². The van der Waals surface area contributed by atoms with Crippen molar-refractivity contribution in [3.05, 3.63) is 36.5 Å². The Kier molecular flexibility index (Phi) is 5.74. The third-order valence-electron chi connectivity index (χ3n) is 5.85. The van der Waals surface area contributed by atoms with Crippen LogP contribution in [0.2, 0.25) is 0 Å². The Morgan fingerprint density at radius 3 is 2.66 bits per heavy atom. The number of likely N-dealkylation sites (tertiary alicyclic amines) is 1. The van der Waals surface area contributed by atoms with E-state index in [9.17, 15) is 9.59 Å². The number of rotatable bonds is 5. The molecule has 2 amide bonds. The van der Waals surface area contributed by atoms with Gasteiger partial charge in [-0.05, 0) is 49.6 Å². The number of carbonyl (C=O) groups excluding carboxylic acids is 2. The predicted octanol–water partition coefficient (Wildman–Crippen LogP) is 3.27. The van der Waals surface area contributed by atoms with Crippen molar-refractivity contribution in [2.45, 2.75) is 44.6 Å². The summed E-state index contributed by atoms with van der Waals surface area (Å²) in [6.07, 6.45) is 6.86. The molecule has 4 rings (SSSR count). The summed E-state index contributed by atoms with van der Waals surface area (Å²) in [7, 11) is 1.63. The lowest BCUT2D eigenvalue weighted by Gasteiger charge is -2.36. The first-order valence-electron chi connectivity index (χ1n) is 10.2. The summed E-state index contributed by atoms with van der Waals surface area (Å²) < 4.78 is 5.19. The van der Waals surface area contributed by atoms with Crippen LogP contribution in [0.25, 0.3) is 11.3 Å². The predicted molar refractivity (Wildman–Crippen MR) is 109 cm³/mol. The second-order valence-corrected chi connectivity index (χ2v) is 7.63. The van der Waals surface area contributed by atoms with E-state index in [0.29, 0.717) is 12.4 Å². The molecule has 2 aromatic rings. The Labute approximate surface area is 170 Å². The van der Waals surface area contributed by atoms with Gasteiger partial charge in [0.1, 0.15) is 5.75 Å². The number of anilines is 1. The van der Waals surface area contributed by atoms with Crippen molar-refractivity contribution in [1.29, 1.82) is 0 Å². The molecule has 7 heteroatoms. The topological polar surface area (TPSA) is 84.4 Å². The van der Waals surface area contributed by atoms with Crippen LogP contribution in [-0.2, 0) is 9.59 Å². The second-order valence-electron chi connectivity index (χ2n) is 7.63. The van der Waals surface area contributed by atoms with Crippen molar-refractivity contribution in [2.75, 3.05) is 19.0 Å². The van der Waals surface area contributed by atoms with Crippen LogP contribution in [-0.4, -0.2) is 46.4 Å². The van der Waals surface area contributed by atoms with Crippen LogP contribution < -0.4 is 10.1 Å². The zero-order chi connectivity index (χ0) is 20.2. The highest BCUT2D eigenvalue weighted by Crippen LogP contribution is 2.32. The van der Waals surface area contributed by atoms with E-state index >= 15 is 0 Å². The zero-order valence-corrected chi connectivity index (χ0v) is 16.6. The minimum Gasteiger partial charge on any atom is -0.497 e. The molecule has 1 aliphatic heterocycles. The van der Waals surface area contributed by atoms with Crippen LogP contribution in [0.1, 0.15) is 38.5 Å². The lowest BCUT2D eigenvalue weighted by molar-refractivity contribution is -0.133. The molecular weight excluding hydrogens is 368 g/mol. The number of hydrogen-bond acceptors (Lipinski definition) is 5. The van der Waals surface area contributed by atoms with E-state index in [1.807, 2.05) is 35.2 Å². The summed E-state index contributed by atoms with van der Waals surface area (Å²) in [6.45, 7) is 0.761. The molecule has 0 bridgehead atoms. The molecule has 29 heavy (non-hydrogen) atoms.